The van der Waals surface area contributed by atoms with Crippen molar-refractivity contribution in [1.82, 2.24) is 4.98 Å². The van der Waals surface area contributed by atoms with Crippen molar-refractivity contribution < 1.29 is 8.42 Å². The van der Waals surface area contributed by atoms with Gasteiger partial charge in [-0.25, -0.2) is 8.42 Å². The first-order valence-corrected chi connectivity index (χ1v) is 8.05. The molecule has 0 aliphatic heterocycles. The zero-order valence-electron chi connectivity index (χ0n) is 11.9. The Morgan fingerprint density at radius 1 is 1.25 bits per heavy atom. The van der Waals surface area contributed by atoms with Crippen molar-refractivity contribution in [2.24, 2.45) is 0 Å². The minimum Gasteiger partial charge on any atom is -0.388 e. The Morgan fingerprint density at radius 3 is 2.45 bits per heavy atom. The third-order valence-corrected chi connectivity index (χ3v) is 6.11. The highest BCUT2D eigenvalue weighted by Crippen LogP contribution is 2.35. The molecule has 1 heterocycles. The van der Waals surface area contributed by atoms with Crippen LogP contribution in [-0.2, 0) is 9.84 Å². The van der Waals surface area contributed by atoms with Gasteiger partial charge in [0.25, 0.3) is 0 Å². The van der Waals surface area contributed by atoms with Crippen molar-refractivity contribution in [2.45, 2.75) is 30.4 Å². The number of sulfone groups is 1. The van der Waals surface area contributed by atoms with E-state index >= 15 is 0 Å². The second kappa shape index (κ2) is 4.90. The molecule has 0 bridgehead atoms. The van der Waals surface area contributed by atoms with Crippen molar-refractivity contribution in [3.8, 4) is 0 Å². The molecule has 0 amide bonds. The number of hydrogen-bond acceptors (Lipinski definition) is 4. The van der Waals surface area contributed by atoms with E-state index in [0.29, 0.717) is 5.52 Å². The Balaban J connectivity index is 2.83. The lowest BCUT2D eigenvalue weighted by atomic mass is 10.2. The average molecular weight is 313 g/mol. The third kappa shape index (κ3) is 2.36. The van der Waals surface area contributed by atoms with E-state index in [1.807, 2.05) is 0 Å². The van der Waals surface area contributed by atoms with Crippen LogP contribution in [-0.4, -0.2) is 25.2 Å². The normalized spacial score (nSPS) is 12.7. The highest BCUT2D eigenvalue weighted by atomic mass is 35.5. The second-order valence-corrected chi connectivity index (χ2v) is 8.60. The van der Waals surface area contributed by atoms with Crippen molar-refractivity contribution in [2.75, 3.05) is 12.4 Å². The van der Waals surface area contributed by atoms with Crippen LogP contribution in [0.4, 0.5) is 5.69 Å². The van der Waals surface area contributed by atoms with Gasteiger partial charge in [0.15, 0.2) is 9.84 Å². The lowest BCUT2D eigenvalue weighted by molar-refractivity contribution is 0.560. The molecular weight excluding hydrogens is 296 g/mol. The van der Waals surface area contributed by atoms with Crippen molar-refractivity contribution in [1.29, 1.82) is 0 Å². The highest BCUT2D eigenvalue weighted by molar-refractivity contribution is 7.92. The minimum atomic E-state index is -3.51. The standard InChI is InChI=1S/C14H17ClN2O2S/c1-14(2,3)20(18,19)13-7-9-11(16-4)5-6-17-12(9)8-10(13)15/h5-8H,1-4H3,(H,16,17). The molecule has 0 atom stereocenters. The maximum atomic E-state index is 12.6. The maximum Gasteiger partial charge on any atom is 0.184 e. The molecule has 0 spiro atoms. The number of pyridine rings is 1. The number of aromatic nitrogens is 1. The van der Waals surface area contributed by atoms with Gasteiger partial charge in [0.05, 0.1) is 20.2 Å². The fourth-order valence-corrected chi connectivity index (χ4v) is 3.61. The lowest BCUT2D eigenvalue weighted by Crippen LogP contribution is -2.28. The minimum absolute atomic E-state index is 0.142. The van der Waals surface area contributed by atoms with E-state index in [0.717, 1.165) is 11.1 Å². The topological polar surface area (TPSA) is 59.1 Å². The van der Waals surface area contributed by atoms with Gasteiger partial charge < -0.3 is 5.32 Å². The average Bonchev–Trinajstić information content (AvgIpc) is 2.35. The summed E-state index contributed by atoms with van der Waals surface area (Å²) in [6.45, 7) is 4.97. The third-order valence-electron chi connectivity index (χ3n) is 3.16. The van der Waals surface area contributed by atoms with Crippen LogP contribution < -0.4 is 5.32 Å². The van der Waals surface area contributed by atoms with Gasteiger partial charge in [-0.3, -0.25) is 4.98 Å². The number of rotatable bonds is 2. The van der Waals surface area contributed by atoms with Crippen LogP contribution in [0, 0.1) is 0 Å². The van der Waals surface area contributed by atoms with Crippen LogP contribution in [0.3, 0.4) is 0 Å². The van der Waals surface area contributed by atoms with Gasteiger partial charge >= 0.3 is 0 Å². The number of benzene rings is 1. The Labute approximate surface area is 124 Å². The molecule has 1 aromatic heterocycles. The van der Waals surface area contributed by atoms with Gasteiger partial charge in [-0.1, -0.05) is 11.6 Å². The zero-order chi connectivity index (χ0) is 15.1. The SMILES string of the molecule is CNc1ccnc2cc(Cl)c(S(=O)(=O)C(C)(C)C)cc12. The van der Waals surface area contributed by atoms with Crippen molar-refractivity contribution in [3.63, 3.8) is 0 Å². The van der Waals surface area contributed by atoms with Gasteiger partial charge in [0.1, 0.15) is 0 Å². The Hall–Kier alpha value is -1.33. The predicted octanol–water partition coefficient (Wildman–Crippen LogP) is 3.50. The van der Waals surface area contributed by atoms with Gasteiger partial charge in [0, 0.05) is 24.3 Å². The van der Waals surface area contributed by atoms with Crippen LogP contribution >= 0.6 is 11.6 Å². The maximum absolute atomic E-state index is 12.6. The summed E-state index contributed by atoms with van der Waals surface area (Å²) in [6.07, 6.45) is 1.66. The summed E-state index contributed by atoms with van der Waals surface area (Å²) in [7, 11) is -1.73. The van der Waals surface area contributed by atoms with E-state index in [1.54, 1.807) is 52.2 Å². The molecule has 20 heavy (non-hydrogen) atoms. The van der Waals surface area contributed by atoms with Gasteiger partial charge in [-0.2, -0.15) is 0 Å². The number of anilines is 1. The molecule has 6 heteroatoms. The summed E-state index contributed by atoms with van der Waals surface area (Å²) >= 11 is 6.15. The largest absolute Gasteiger partial charge is 0.388 e. The van der Waals surface area contributed by atoms with Crippen LogP contribution in [0.1, 0.15) is 20.8 Å². The number of nitrogens with zero attached hydrogens (tertiary/aromatic N) is 1. The molecule has 0 aliphatic rings. The first-order valence-electron chi connectivity index (χ1n) is 6.19. The van der Waals surface area contributed by atoms with Gasteiger partial charge in [-0.05, 0) is 39.0 Å². The number of fused-ring (bicyclic) bond motifs is 1. The first-order chi connectivity index (χ1) is 9.18. The molecule has 2 aromatic rings. The summed E-state index contributed by atoms with van der Waals surface area (Å²) in [6, 6.07) is 4.98. The van der Waals surface area contributed by atoms with Crippen LogP contribution in [0.15, 0.2) is 29.3 Å². The van der Waals surface area contributed by atoms with E-state index in [4.69, 9.17) is 11.6 Å². The molecular formula is C14H17ClN2O2S. The number of nitrogens with one attached hydrogen (secondary N) is 1. The van der Waals surface area contributed by atoms with E-state index in [1.165, 1.54) is 0 Å². The smallest absolute Gasteiger partial charge is 0.184 e. The molecule has 0 saturated heterocycles. The van der Waals surface area contributed by atoms with Crippen molar-refractivity contribution >= 4 is 38.0 Å². The highest BCUT2D eigenvalue weighted by Gasteiger charge is 2.33. The van der Waals surface area contributed by atoms with E-state index < -0.39 is 14.6 Å². The molecule has 0 aliphatic carbocycles. The summed E-state index contributed by atoms with van der Waals surface area (Å²) in [4.78, 5) is 4.36. The fraction of sp³-hybridized carbons (Fsp3) is 0.357. The number of halogens is 1. The zero-order valence-corrected chi connectivity index (χ0v) is 13.4. The molecule has 1 N–H and O–H groups in total. The van der Waals surface area contributed by atoms with Gasteiger partial charge in [0.2, 0.25) is 0 Å². The Kier molecular flexibility index (Phi) is 3.69. The molecule has 108 valence electrons. The summed E-state index contributed by atoms with van der Waals surface area (Å²) in [5.41, 5.74) is 1.48. The molecule has 2 rings (SSSR count). The second-order valence-electron chi connectivity index (χ2n) is 5.52. The molecule has 0 fully saturated rings. The van der Waals surface area contributed by atoms with Crippen molar-refractivity contribution in [3.05, 3.63) is 29.4 Å². The molecule has 0 unspecified atom stereocenters. The fourth-order valence-electron chi connectivity index (χ4n) is 1.90. The monoisotopic (exact) mass is 312 g/mol. The molecule has 4 nitrogen and oxygen atoms in total. The summed E-state index contributed by atoms with van der Waals surface area (Å²) < 4.78 is 24.3. The van der Waals surface area contributed by atoms with Crippen LogP contribution in [0.25, 0.3) is 10.9 Å². The van der Waals surface area contributed by atoms with E-state index in [9.17, 15) is 8.42 Å². The summed E-state index contributed by atoms with van der Waals surface area (Å²) in [5.74, 6) is 0. The van der Waals surface area contributed by atoms with E-state index in [-0.39, 0.29) is 9.92 Å². The molecule has 1 aromatic carbocycles. The van der Waals surface area contributed by atoms with Crippen LogP contribution in [0.2, 0.25) is 5.02 Å². The first kappa shape index (κ1) is 15.1. The Morgan fingerprint density at radius 2 is 1.90 bits per heavy atom. The lowest BCUT2D eigenvalue weighted by Gasteiger charge is -2.20. The number of hydrogen-bond donors (Lipinski definition) is 1. The van der Waals surface area contributed by atoms with E-state index in [2.05, 4.69) is 10.3 Å². The van der Waals surface area contributed by atoms with Crippen LogP contribution in [0.5, 0.6) is 0 Å². The Bertz CT molecular complexity index is 765. The summed E-state index contributed by atoms with van der Waals surface area (Å²) in [5, 5.41) is 3.97. The van der Waals surface area contributed by atoms with Gasteiger partial charge in [-0.15, -0.1) is 0 Å². The molecule has 0 radical (unpaired) electrons. The predicted molar refractivity (Wildman–Crippen MR) is 83.2 cm³/mol. The quantitative estimate of drug-likeness (QED) is 0.922. The molecule has 0 saturated carbocycles.